The third kappa shape index (κ3) is 3.14. The summed E-state index contributed by atoms with van der Waals surface area (Å²) in [5, 5.41) is 10.6. The fraction of sp³-hybridized carbons (Fsp3) is 0.688. The normalized spacial score (nSPS) is 25.8. The summed E-state index contributed by atoms with van der Waals surface area (Å²) in [5.74, 6) is 3.55. The van der Waals surface area contributed by atoms with E-state index in [0.717, 1.165) is 25.2 Å². The first-order chi connectivity index (χ1) is 9.34. The average molecular weight is 277 g/mol. The van der Waals surface area contributed by atoms with Crippen LogP contribution in [-0.4, -0.2) is 27.7 Å². The van der Waals surface area contributed by atoms with Crippen LogP contribution in [0, 0.1) is 5.92 Å². The molecular formula is C16H23NOS. The van der Waals surface area contributed by atoms with Gasteiger partial charge >= 0.3 is 0 Å². The van der Waals surface area contributed by atoms with Crippen LogP contribution in [0.2, 0.25) is 0 Å². The SMILES string of the molecule is OC(CC1CCSCC1)C1CCCc2cccnc21. The molecule has 0 bridgehead atoms. The van der Waals surface area contributed by atoms with Crippen molar-refractivity contribution in [2.24, 2.45) is 5.92 Å². The van der Waals surface area contributed by atoms with Gasteiger partial charge in [0.2, 0.25) is 0 Å². The van der Waals surface area contributed by atoms with Crippen LogP contribution in [0.25, 0.3) is 0 Å². The number of aromatic nitrogens is 1. The molecule has 1 fully saturated rings. The summed E-state index contributed by atoms with van der Waals surface area (Å²) in [7, 11) is 0. The first-order valence-corrected chi connectivity index (χ1v) is 8.69. The largest absolute Gasteiger partial charge is 0.392 e. The van der Waals surface area contributed by atoms with Gasteiger partial charge in [-0.1, -0.05) is 6.07 Å². The molecular weight excluding hydrogens is 254 g/mol. The molecule has 1 aliphatic carbocycles. The zero-order valence-corrected chi connectivity index (χ0v) is 12.2. The summed E-state index contributed by atoms with van der Waals surface area (Å²) < 4.78 is 0. The number of thioether (sulfide) groups is 1. The molecule has 0 aromatic carbocycles. The maximum atomic E-state index is 10.6. The van der Waals surface area contributed by atoms with Crippen LogP contribution >= 0.6 is 11.8 Å². The van der Waals surface area contributed by atoms with E-state index >= 15 is 0 Å². The highest BCUT2D eigenvalue weighted by molar-refractivity contribution is 7.99. The maximum absolute atomic E-state index is 10.6. The first-order valence-electron chi connectivity index (χ1n) is 7.54. The fourth-order valence-electron chi connectivity index (χ4n) is 3.51. The van der Waals surface area contributed by atoms with E-state index in [1.165, 1.54) is 42.0 Å². The average Bonchev–Trinajstić information content (AvgIpc) is 2.47. The van der Waals surface area contributed by atoms with Gasteiger partial charge in [-0.25, -0.2) is 0 Å². The Balaban J connectivity index is 1.68. The molecule has 2 atom stereocenters. The van der Waals surface area contributed by atoms with E-state index in [1.807, 2.05) is 12.3 Å². The molecule has 1 aliphatic heterocycles. The first kappa shape index (κ1) is 13.4. The van der Waals surface area contributed by atoms with Gasteiger partial charge in [-0.05, 0) is 67.6 Å². The Hall–Kier alpha value is -0.540. The molecule has 0 spiro atoms. The number of aliphatic hydroxyl groups excluding tert-OH is 1. The molecule has 104 valence electrons. The minimum absolute atomic E-state index is 0.193. The molecule has 1 N–H and O–H groups in total. The van der Waals surface area contributed by atoms with Crippen LogP contribution in [-0.2, 0) is 6.42 Å². The molecule has 2 aliphatic rings. The standard InChI is InChI=1S/C16H23NOS/c18-15(11-12-6-9-19-10-7-12)14-5-1-3-13-4-2-8-17-16(13)14/h2,4,8,12,14-15,18H,1,3,5-7,9-11H2. The van der Waals surface area contributed by atoms with Crippen LogP contribution in [0.15, 0.2) is 18.3 Å². The van der Waals surface area contributed by atoms with Crippen molar-refractivity contribution in [1.82, 2.24) is 4.98 Å². The van der Waals surface area contributed by atoms with Gasteiger partial charge < -0.3 is 5.11 Å². The summed E-state index contributed by atoms with van der Waals surface area (Å²) in [4.78, 5) is 4.55. The summed E-state index contributed by atoms with van der Waals surface area (Å²) >= 11 is 2.06. The van der Waals surface area contributed by atoms with E-state index in [1.54, 1.807) is 0 Å². The second-order valence-corrected chi connectivity index (χ2v) is 7.13. The van der Waals surface area contributed by atoms with Crippen molar-refractivity contribution in [3.8, 4) is 0 Å². The Morgan fingerprint density at radius 2 is 2.16 bits per heavy atom. The predicted octanol–water partition coefficient (Wildman–Crippen LogP) is 3.40. The minimum Gasteiger partial charge on any atom is -0.392 e. The third-order valence-corrected chi connectivity index (χ3v) is 5.67. The molecule has 1 saturated heterocycles. The van der Waals surface area contributed by atoms with Crippen LogP contribution in [0.5, 0.6) is 0 Å². The molecule has 1 aromatic rings. The van der Waals surface area contributed by atoms with Gasteiger partial charge in [0.1, 0.15) is 0 Å². The van der Waals surface area contributed by atoms with E-state index in [4.69, 9.17) is 0 Å². The van der Waals surface area contributed by atoms with Crippen molar-refractivity contribution >= 4 is 11.8 Å². The lowest BCUT2D eigenvalue weighted by Gasteiger charge is -2.31. The van der Waals surface area contributed by atoms with E-state index < -0.39 is 0 Å². The number of hydrogen-bond donors (Lipinski definition) is 1. The molecule has 2 heterocycles. The van der Waals surface area contributed by atoms with E-state index in [2.05, 4.69) is 22.8 Å². The van der Waals surface area contributed by atoms with E-state index in [-0.39, 0.29) is 12.0 Å². The monoisotopic (exact) mass is 277 g/mol. The third-order valence-electron chi connectivity index (χ3n) is 4.62. The lowest BCUT2D eigenvalue weighted by molar-refractivity contribution is 0.102. The zero-order chi connectivity index (χ0) is 13.1. The molecule has 0 saturated carbocycles. The zero-order valence-electron chi connectivity index (χ0n) is 11.4. The Kier molecular flexibility index (Phi) is 4.44. The molecule has 1 aromatic heterocycles. The summed E-state index contributed by atoms with van der Waals surface area (Å²) in [6.45, 7) is 0. The molecule has 3 heteroatoms. The number of rotatable bonds is 3. The van der Waals surface area contributed by atoms with Crippen molar-refractivity contribution < 1.29 is 5.11 Å². The van der Waals surface area contributed by atoms with Crippen molar-refractivity contribution in [3.63, 3.8) is 0 Å². The van der Waals surface area contributed by atoms with Gasteiger partial charge in [0.25, 0.3) is 0 Å². The molecule has 3 rings (SSSR count). The smallest absolute Gasteiger partial charge is 0.0626 e. The molecule has 2 unspecified atom stereocenters. The lowest BCUT2D eigenvalue weighted by atomic mass is 9.79. The van der Waals surface area contributed by atoms with Crippen molar-refractivity contribution in [3.05, 3.63) is 29.6 Å². The number of aryl methyl sites for hydroxylation is 1. The topological polar surface area (TPSA) is 33.1 Å². The summed E-state index contributed by atoms with van der Waals surface area (Å²) in [6.07, 6.45) is 8.65. The molecule has 0 radical (unpaired) electrons. The quantitative estimate of drug-likeness (QED) is 0.919. The van der Waals surface area contributed by atoms with E-state index in [9.17, 15) is 5.11 Å². The highest BCUT2D eigenvalue weighted by atomic mass is 32.2. The Bertz CT molecular complexity index is 417. The van der Waals surface area contributed by atoms with Gasteiger partial charge in [0.05, 0.1) is 6.10 Å². The lowest BCUT2D eigenvalue weighted by Crippen LogP contribution is -2.27. The number of aliphatic hydroxyl groups is 1. The second kappa shape index (κ2) is 6.27. The molecule has 2 nitrogen and oxygen atoms in total. The van der Waals surface area contributed by atoms with Crippen molar-refractivity contribution in [2.45, 2.75) is 50.5 Å². The number of pyridine rings is 1. The predicted molar refractivity (Wildman–Crippen MR) is 80.6 cm³/mol. The highest BCUT2D eigenvalue weighted by Gasteiger charge is 2.29. The fourth-order valence-corrected chi connectivity index (χ4v) is 4.71. The van der Waals surface area contributed by atoms with Crippen LogP contribution < -0.4 is 0 Å². The molecule has 0 amide bonds. The summed E-state index contributed by atoms with van der Waals surface area (Å²) in [5.41, 5.74) is 2.53. The number of fused-ring (bicyclic) bond motifs is 1. The van der Waals surface area contributed by atoms with Crippen molar-refractivity contribution in [2.75, 3.05) is 11.5 Å². The van der Waals surface area contributed by atoms with Gasteiger partial charge in [-0.3, -0.25) is 4.98 Å². The highest BCUT2D eigenvalue weighted by Crippen LogP contribution is 2.36. The summed E-state index contributed by atoms with van der Waals surface area (Å²) in [6, 6.07) is 4.20. The van der Waals surface area contributed by atoms with Gasteiger partial charge in [0.15, 0.2) is 0 Å². The maximum Gasteiger partial charge on any atom is 0.0626 e. The Morgan fingerprint density at radius 1 is 1.32 bits per heavy atom. The molecule has 19 heavy (non-hydrogen) atoms. The van der Waals surface area contributed by atoms with Gasteiger partial charge in [-0.2, -0.15) is 11.8 Å². The Labute approximate surface area is 120 Å². The van der Waals surface area contributed by atoms with Crippen LogP contribution in [0.1, 0.15) is 49.3 Å². The van der Waals surface area contributed by atoms with Crippen molar-refractivity contribution in [1.29, 1.82) is 0 Å². The minimum atomic E-state index is -0.193. The number of hydrogen-bond acceptors (Lipinski definition) is 3. The van der Waals surface area contributed by atoms with Gasteiger partial charge in [-0.15, -0.1) is 0 Å². The number of nitrogens with zero attached hydrogens (tertiary/aromatic N) is 1. The second-order valence-electron chi connectivity index (χ2n) is 5.91. The van der Waals surface area contributed by atoms with Crippen LogP contribution in [0.3, 0.4) is 0 Å². The Morgan fingerprint density at radius 3 is 3.00 bits per heavy atom. The van der Waals surface area contributed by atoms with E-state index in [0.29, 0.717) is 0 Å². The van der Waals surface area contributed by atoms with Crippen LogP contribution in [0.4, 0.5) is 0 Å². The van der Waals surface area contributed by atoms with Gasteiger partial charge in [0, 0.05) is 17.8 Å².